The van der Waals surface area contributed by atoms with Gasteiger partial charge in [0.2, 0.25) is 29.0 Å². The van der Waals surface area contributed by atoms with Crippen LogP contribution in [0.4, 0.5) is 10.6 Å². The van der Waals surface area contributed by atoms with E-state index in [0.717, 1.165) is 25.9 Å². The number of likely N-dealkylation sites (tertiary alicyclic amines) is 1. The Balaban J connectivity index is 1.29. The van der Waals surface area contributed by atoms with Gasteiger partial charge in [-0.1, -0.05) is 18.2 Å². The molecular weight excluding hydrogens is 620 g/mol. The zero-order valence-electron chi connectivity index (χ0n) is 24.8. The van der Waals surface area contributed by atoms with Gasteiger partial charge < -0.3 is 33.3 Å². The second kappa shape index (κ2) is 13.6. The predicted octanol–water partition coefficient (Wildman–Crippen LogP) is 3.00. The number of amides is 1. The van der Waals surface area contributed by atoms with Gasteiger partial charge >= 0.3 is 6.09 Å². The molecule has 0 saturated carbocycles. The molecule has 0 bridgehead atoms. The summed E-state index contributed by atoms with van der Waals surface area (Å²) >= 11 is 0. The molecule has 16 heteroatoms. The number of anilines is 1. The summed E-state index contributed by atoms with van der Waals surface area (Å²) < 4.78 is 64.5. The third-order valence-electron chi connectivity index (χ3n) is 7.14. The van der Waals surface area contributed by atoms with Crippen LogP contribution in [0.2, 0.25) is 0 Å². The van der Waals surface area contributed by atoms with Crippen molar-refractivity contribution in [2.24, 2.45) is 9.98 Å². The minimum atomic E-state index is -4.34. The SMILES string of the molecule is COc1ccccc1OC1(NS(=O)(=O)c2ccc3c(c2)OCO3)C=NC(N2CCCC2)=NC1OCCOC(=O)Nc1ccccn1. The molecule has 2 aromatic carbocycles. The van der Waals surface area contributed by atoms with Crippen LogP contribution in [-0.4, -0.2) is 88.7 Å². The number of guanidine groups is 1. The van der Waals surface area contributed by atoms with Crippen LogP contribution in [0, 0.1) is 0 Å². The number of hydrogen-bond donors (Lipinski definition) is 2. The molecule has 2 N–H and O–H groups in total. The van der Waals surface area contributed by atoms with E-state index in [9.17, 15) is 13.2 Å². The van der Waals surface area contributed by atoms with Crippen molar-refractivity contribution in [2.75, 3.05) is 45.5 Å². The summed E-state index contributed by atoms with van der Waals surface area (Å²) in [5.74, 6) is 1.91. The third-order valence-corrected chi connectivity index (χ3v) is 8.61. The quantitative estimate of drug-likeness (QED) is 0.230. The Hall–Kier alpha value is -4.93. The molecule has 242 valence electrons. The van der Waals surface area contributed by atoms with Crippen molar-refractivity contribution in [3.8, 4) is 23.0 Å². The van der Waals surface area contributed by atoms with Crippen molar-refractivity contribution < 1.29 is 41.6 Å². The van der Waals surface area contributed by atoms with E-state index in [4.69, 9.17) is 33.4 Å². The number of sulfonamides is 1. The van der Waals surface area contributed by atoms with Crippen LogP contribution >= 0.6 is 0 Å². The lowest BCUT2D eigenvalue weighted by molar-refractivity contribution is -0.0653. The first-order valence-electron chi connectivity index (χ1n) is 14.5. The van der Waals surface area contributed by atoms with E-state index in [-0.39, 0.29) is 36.4 Å². The fraction of sp³-hybridized carbons (Fsp3) is 0.333. The van der Waals surface area contributed by atoms with E-state index in [1.807, 2.05) is 4.90 Å². The lowest BCUT2D eigenvalue weighted by Gasteiger charge is -2.38. The second-order valence-corrected chi connectivity index (χ2v) is 11.9. The van der Waals surface area contributed by atoms with Crippen LogP contribution in [-0.2, 0) is 19.5 Å². The van der Waals surface area contributed by atoms with Gasteiger partial charge in [-0.05, 0) is 49.2 Å². The van der Waals surface area contributed by atoms with E-state index in [1.165, 1.54) is 37.7 Å². The van der Waals surface area contributed by atoms with E-state index < -0.39 is 28.1 Å². The van der Waals surface area contributed by atoms with E-state index in [2.05, 4.69) is 20.0 Å². The molecule has 1 saturated heterocycles. The fourth-order valence-electron chi connectivity index (χ4n) is 4.94. The Kier molecular flexibility index (Phi) is 9.18. The Bertz CT molecular complexity index is 1720. The third kappa shape index (κ3) is 6.98. The zero-order chi connectivity index (χ0) is 32.0. The summed E-state index contributed by atoms with van der Waals surface area (Å²) in [4.78, 5) is 27.5. The summed E-state index contributed by atoms with van der Waals surface area (Å²) in [5, 5.41) is 2.52. The van der Waals surface area contributed by atoms with Crippen molar-refractivity contribution in [1.82, 2.24) is 14.6 Å². The topological polar surface area (TPSA) is 172 Å². The van der Waals surface area contributed by atoms with Crippen molar-refractivity contribution in [1.29, 1.82) is 0 Å². The van der Waals surface area contributed by atoms with Crippen LogP contribution in [0.25, 0.3) is 0 Å². The molecule has 1 amide bonds. The maximum atomic E-state index is 13.9. The van der Waals surface area contributed by atoms with Gasteiger partial charge in [-0.15, -0.1) is 0 Å². The average Bonchev–Trinajstić information content (AvgIpc) is 3.77. The first-order chi connectivity index (χ1) is 22.3. The Labute approximate surface area is 265 Å². The number of hydrogen-bond acceptors (Lipinski definition) is 13. The van der Waals surface area contributed by atoms with Crippen molar-refractivity contribution in [3.63, 3.8) is 0 Å². The van der Waals surface area contributed by atoms with Crippen molar-refractivity contribution in [3.05, 3.63) is 66.9 Å². The number of methoxy groups -OCH3 is 1. The van der Waals surface area contributed by atoms with Crippen LogP contribution in [0.3, 0.4) is 0 Å². The molecule has 3 aromatic rings. The molecule has 15 nitrogen and oxygen atoms in total. The number of fused-ring (bicyclic) bond motifs is 1. The molecule has 0 spiro atoms. The summed E-state index contributed by atoms with van der Waals surface area (Å²) in [6.07, 6.45) is 2.71. The van der Waals surface area contributed by atoms with Crippen LogP contribution < -0.4 is 29.0 Å². The maximum Gasteiger partial charge on any atom is 0.412 e. The predicted molar refractivity (Wildman–Crippen MR) is 165 cm³/mol. The van der Waals surface area contributed by atoms with Crippen molar-refractivity contribution in [2.45, 2.75) is 29.7 Å². The number of rotatable bonds is 11. The van der Waals surface area contributed by atoms with Crippen LogP contribution in [0.5, 0.6) is 23.0 Å². The Morgan fingerprint density at radius 2 is 1.80 bits per heavy atom. The smallest absolute Gasteiger partial charge is 0.412 e. The monoisotopic (exact) mass is 652 g/mol. The van der Waals surface area contributed by atoms with Gasteiger partial charge in [0.25, 0.3) is 5.72 Å². The normalized spacial score (nSPS) is 20.2. The highest BCUT2D eigenvalue weighted by molar-refractivity contribution is 7.89. The second-order valence-electron chi connectivity index (χ2n) is 10.2. The average molecular weight is 653 g/mol. The van der Waals surface area contributed by atoms with Crippen LogP contribution in [0.15, 0.2) is 81.7 Å². The number of nitrogens with zero attached hydrogens (tertiary/aromatic N) is 4. The lowest BCUT2D eigenvalue weighted by atomic mass is 10.2. The molecule has 2 atom stereocenters. The van der Waals surface area contributed by atoms with E-state index >= 15 is 0 Å². The molecule has 0 radical (unpaired) electrons. The first kappa shape index (κ1) is 31.1. The molecule has 1 aromatic heterocycles. The highest BCUT2D eigenvalue weighted by atomic mass is 32.2. The number of nitrogens with one attached hydrogen (secondary N) is 2. The first-order valence-corrected chi connectivity index (χ1v) is 15.9. The van der Waals surface area contributed by atoms with E-state index in [1.54, 1.807) is 42.5 Å². The highest BCUT2D eigenvalue weighted by Crippen LogP contribution is 2.36. The molecule has 6 rings (SSSR count). The lowest BCUT2D eigenvalue weighted by Crippen LogP contribution is -2.64. The Morgan fingerprint density at radius 3 is 2.59 bits per heavy atom. The largest absolute Gasteiger partial charge is 0.493 e. The number of benzene rings is 2. The molecular formula is C30H32N6O9S. The maximum absolute atomic E-state index is 13.9. The van der Waals surface area contributed by atoms with Gasteiger partial charge in [-0.3, -0.25) is 5.32 Å². The van der Waals surface area contributed by atoms with E-state index in [0.29, 0.717) is 23.3 Å². The molecule has 3 aliphatic rings. The number of aliphatic imine (C=N–C) groups is 2. The van der Waals surface area contributed by atoms with Gasteiger partial charge in [-0.2, -0.15) is 4.72 Å². The molecule has 3 aliphatic heterocycles. The van der Waals surface area contributed by atoms with Gasteiger partial charge in [-0.25, -0.2) is 28.2 Å². The molecule has 2 unspecified atom stereocenters. The number of carbonyl (C=O) groups is 1. The molecule has 46 heavy (non-hydrogen) atoms. The summed E-state index contributed by atoms with van der Waals surface area (Å²) in [5.41, 5.74) is -2.01. The minimum Gasteiger partial charge on any atom is -0.493 e. The number of pyridine rings is 1. The van der Waals surface area contributed by atoms with Gasteiger partial charge in [0.15, 0.2) is 23.0 Å². The summed E-state index contributed by atoms with van der Waals surface area (Å²) in [6.45, 7) is 1.06. The van der Waals surface area contributed by atoms with Crippen molar-refractivity contribution >= 4 is 34.1 Å². The number of ether oxygens (including phenoxy) is 6. The molecule has 4 heterocycles. The summed E-state index contributed by atoms with van der Waals surface area (Å²) in [7, 11) is -2.87. The van der Waals surface area contributed by atoms with Crippen LogP contribution in [0.1, 0.15) is 12.8 Å². The minimum absolute atomic E-state index is 0.0222. The zero-order valence-corrected chi connectivity index (χ0v) is 25.6. The standard InChI is InChI=1S/C30H32N6O9S/c1-40-22-8-2-3-9-24(22)45-30(35-46(38,39)21-11-12-23-25(18-21)44-20-43-23)19-32-28(36-14-6-7-15-36)34-27(30)41-16-17-42-29(37)33-26-10-4-5-13-31-26/h2-5,8-13,18-19,27,35H,6-7,14-17,20H2,1H3,(H,31,33,37). The fourth-order valence-corrected chi connectivity index (χ4v) is 6.18. The molecule has 0 aliphatic carbocycles. The number of para-hydroxylation sites is 2. The van der Waals surface area contributed by atoms with Gasteiger partial charge in [0.1, 0.15) is 12.4 Å². The highest BCUT2D eigenvalue weighted by Gasteiger charge is 2.48. The Morgan fingerprint density at radius 1 is 1.02 bits per heavy atom. The summed E-state index contributed by atoms with van der Waals surface area (Å²) in [6, 6.07) is 16.0. The number of carbonyl (C=O) groups excluding carboxylic acids is 1. The molecule has 1 fully saturated rings. The van der Waals surface area contributed by atoms with Gasteiger partial charge in [0.05, 0.1) is 24.8 Å². The van der Waals surface area contributed by atoms with Gasteiger partial charge in [0, 0.05) is 25.4 Å². The number of aromatic nitrogens is 1.